The van der Waals surface area contributed by atoms with E-state index in [1.807, 2.05) is 6.92 Å². The highest BCUT2D eigenvalue weighted by atomic mass is 32.1. The topological polar surface area (TPSA) is 97.8 Å². The smallest absolute Gasteiger partial charge is 0.335 e. The Hall–Kier alpha value is -2.61. The summed E-state index contributed by atoms with van der Waals surface area (Å²) in [4.78, 5) is 28.3. The number of aromatic carboxylic acids is 1. The van der Waals surface area contributed by atoms with Crippen LogP contribution in [0, 0.1) is 0 Å². The van der Waals surface area contributed by atoms with E-state index >= 15 is 0 Å². The first kappa shape index (κ1) is 17.7. The van der Waals surface area contributed by atoms with Crippen LogP contribution in [0.2, 0.25) is 0 Å². The second-order valence-corrected chi connectivity index (χ2v) is 6.00. The summed E-state index contributed by atoms with van der Waals surface area (Å²) in [5.41, 5.74) is 0.212. The zero-order chi connectivity index (χ0) is 17.7. The van der Waals surface area contributed by atoms with E-state index in [1.165, 1.54) is 43.9 Å². The predicted octanol–water partition coefficient (Wildman–Crippen LogP) is 3.06. The number of nitrogens with one attached hydrogen (secondary N) is 1. The zero-order valence-electron chi connectivity index (χ0n) is 13.6. The first-order chi connectivity index (χ1) is 11.5. The quantitative estimate of drug-likeness (QED) is 0.796. The van der Waals surface area contributed by atoms with Crippen molar-refractivity contribution in [3.05, 3.63) is 33.8 Å². The van der Waals surface area contributed by atoms with Crippen molar-refractivity contribution >= 4 is 28.9 Å². The highest BCUT2D eigenvalue weighted by Crippen LogP contribution is 2.37. The number of ether oxygens (including phenoxy) is 2. The van der Waals surface area contributed by atoms with E-state index in [2.05, 4.69) is 10.3 Å². The maximum Gasteiger partial charge on any atom is 0.335 e. The Morgan fingerprint density at radius 1 is 1.29 bits per heavy atom. The minimum Gasteiger partial charge on any atom is -0.493 e. The Bertz CT molecular complexity index is 757. The number of aromatic nitrogens is 1. The Morgan fingerprint density at radius 3 is 2.62 bits per heavy atom. The van der Waals surface area contributed by atoms with E-state index in [0.717, 1.165) is 17.8 Å². The van der Waals surface area contributed by atoms with Gasteiger partial charge in [-0.15, -0.1) is 11.3 Å². The average molecular weight is 350 g/mol. The molecule has 0 unspecified atom stereocenters. The van der Waals surface area contributed by atoms with Crippen LogP contribution in [0.5, 0.6) is 11.5 Å². The van der Waals surface area contributed by atoms with Gasteiger partial charge in [-0.3, -0.25) is 4.79 Å². The van der Waals surface area contributed by atoms with Crippen LogP contribution in [-0.4, -0.2) is 36.2 Å². The Morgan fingerprint density at radius 2 is 2.04 bits per heavy atom. The number of anilines is 1. The summed E-state index contributed by atoms with van der Waals surface area (Å²) in [6.07, 6.45) is 3.26. The van der Waals surface area contributed by atoms with Gasteiger partial charge in [0.15, 0.2) is 11.5 Å². The fraction of sp³-hybridized carbons (Fsp3) is 0.312. The number of thiazole rings is 1. The molecule has 2 aromatic rings. The van der Waals surface area contributed by atoms with Crippen molar-refractivity contribution < 1.29 is 24.2 Å². The number of carboxylic acids is 1. The molecule has 0 fully saturated rings. The molecule has 2 N–H and O–H groups in total. The largest absolute Gasteiger partial charge is 0.493 e. The van der Waals surface area contributed by atoms with Crippen molar-refractivity contribution in [2.75, 3.05) is 19.5 Å². The summed E-state index contributed by atoms with van der Waals surface area (Å²) < 4.78 is 10.4. The first-order valence-corrected chi connectivity index (χ1v) is 8.07. The number of hydrogen-bond acceptors (Lipinski definition) is 6. The zero-order valence-corrected chi connectivity index (χ0v) is 14.4. The first-order valence-electron chi connectivity index (χ1n) is 7.25. The Balaban J connectivity index is 2.34. The fourth-order valence-corrected chi connectivity index (χ4v) is 3.02. The van der Waals surface area contributed by atoms with Crippen molar-refractivity contribution in [3.63, 3.8) is 0 Å². The van der Waals surface area contributed by atoms with Gasteiger partial charge in [-0.25, -0.2) is 9.78 Å². The molecule has 0 saturated carbocycles. The van der Waals surface area contributed by atoms with Gasteiger partial charge in [-0.2, -0.15) is 0 Å². The number of benzene rings is 1. The summed E-state index contributed by atoms with van der Waals surface area (Å²) in [6.45, 7) is 2.04. The third-order valence-electron chi connectivity index (χ3n) is 3.22. The van der Waals surface area contributed by atoms with Crippen LogP contribution < -0.4 is 14.8 Å². The van der Waals surface area contributed by atoms with Gasteiger partial charge in [0.1, 0.15) is 4.88 Å². The van der Waals surface area contributed by atoms with E-state index in [9.17, 15) is 14.7 Å². The molecule has 0 saturated heterocycles. The predicted molar refractivity (Wildman–Crippen MR) is 90.6 cm³/mol. The molecule has 0 atom stereocenters. The Labute approximate surface area is 143 Å². The van der Waals surface area contributed by atoms with Gasteiger partial charge >= 0.3 is 5.97 Å². The lowest BCUT2D eigenvalue weighted by Crippen LogP contribution is -2.12. The van der Waals surface area contributed by atoms with Crippen LogP contribution in [0.1, 0.15) is 38.4 Å². The molecule has 7 nitrogen and oxygen atoms in total. The van der Waals surface area contributed by atoms with E-state index in [-0.39, 0.29) is 28.7 Å². The van der Waals surface area contributed by atoms with Crippen LogP contribution in [-0.2, 0) is 6.42 Å². The van der Waals surface area contributed by atoms with Gasteiger partial charge in [-0.1, -0.05) is 6.92 Å². The van der Waals surface area contributed by atoms with Crippen LogP contribution >= 0.6 is 11.3 Å². The van der Waals surface area contributed by atoms with E-state index in [4.69, 9.17) is 9.47 Å². The molecular weight excluding hydrogens is 332 g/mol. The van der Waals surface area contributed by atoms with Gasteiger partial charge < -0.3 is 19.9 Å². The minimum absolute atomic E-state index is 0.0149. The molecule has 1 aromatic carbocycles. The highest BCUT2D eigenvalue weighted by molar-refractivity contribution is 7.13. The number of carbonyl (C=O) groups excluding carboxylic acids is 1. The molecule has 1 aromatic heterocycles. The third-order valence-corrected chi connectivity index (χ3v) is 4.27. The molecular formula is C16H18N2O5S. The lowest BCUT2D eigenvalue weighted by Gasteiger charge is -2.14. The molecule has 0 aliphatic heterocycles. The number of methoxy groups -OCH3 is 2. The lowest BCUT2D eigenvalue weighted by atomic mass is 10.1. The monoisotopic (exact) mass is 350 g/mol. The SMILES string of the molecule is CCCc1ncc(C(=O)Nc2cc(C(=O)O)cc(OC)c2OC)s1. The second-order valence-electron chi connectivity index (χ2n) is 4.89. The van der Waals surface area contributed by atoms with Crippen LogP contribution in [0.3, 0.4) is 0 Å². The molecule has 1 heterocycles. The van der Waals surface area contributed by atoms with E-state index in [1.54, 1.807) is 0 Å². The second kappa shape index (κ2) is 7.78. The maximum atomic E-state index is 12.4. The summed E-state index contributed by atoms with van der Waals surface area (Å²) in [7, 11) is 2.81. The van der Waals surface area contributed by atoms with E-state index < -0.39 is 5.97 Å². The molecule has 2 rings (SSSR count). The average Bonchev–Trinajstić information content (AvgIpc) is 3.03. The van der Waals surface area contributed by atoms with Crippen LogP contribution in [0.25, 0.3) is 0 Å². The van der Waals surface area contributed by atoms with Gasteiger partial charge in [-0.05, 0) is 25.0 Å². The van der Waals surface area contributed by atoms with Gasteiger partial charge in [0.25, 0.3) is 5.91 Å². The third kappa shape index (κ3) is 3.83. The Kier molecular flexibility index (Phi) is 5.75. The number of carbonyl (C=O) groups is 2. The minimum atomic E-state index is -1.13. The van der Waals surface area contributed by atoms with Crippen molar-refractivity contribution in [2.24, 2.45) is 0 Å². The molecule has 128 valence electrons. The van der Waals surface area contributed by atoms with Gasteiger partial charge in [0.05, 0.1) is 36.7 Å². The maximum absolute atomic E-state index is 12.4. The molecule has 0 aliphatic carbocycles. The number of hydrogen-bond donors (Lipinski definition) is 2. The highest BCUT2D eigenvalue weighted by Gasteiger charge is 2.19. The van der Waals surface area contributed by atoms with Crippen molar-refractivity contribution in [2.45, 2.75) is 19.8 Å². The van der Waals surface area contributed by atoms with Crippen LogP contribution in [0.4, 0.5) is 5.69 Å². The summed E-state index contributed by atoms with van der Waals surface area (Å²) >= 11 is 1.31. The molecule has 8 heteroatoms. The number of nitrogens with zero attached hydrogens (tertiary/aromatic N) is 1. The normalized spacial score (nSPS) is 10.3. The van der Waals surface area contributed by atoms with Crippen molar-refractivity contribution in [1.82, 2.24) is 4.98 Å². The van der Waals surface area contributed by atoms with E-state index in [0.29, 0.717) is 4.88 Å². The lowest BCUT2D eigenvalue weighted by molar-refractivity contribution is 0.0696. The summed E-state index contributed by atoms with van der Waals surface area (Å²) in [5.74, 6) is -1.02. The van der Waals surface area contributed by atoms with Gasteiger partial charge in [0.2, 0.25) is 0 Å². The summed E-state index contributed by atoms with van der Waals surface area (Å²) in [5, 5.41) is 12.7. The number of aryl methyl sites for hydroxylation is 1. The molecule has 0 radical (unpaired) electrons. The fourth-order valence-electron chi connectivity index (χ4n) is 2.11. The number of rotatable bonds is 7. The number of amides is 1. The van der Waals surface area contributed by atoms with Crippen LogP contribution in [0.15, 0.2) is 18.3 Å². The molecule has 0 aliphatic rings. The molecule has 0 bridgehead atoms. The van der Waals surface area contributed by atoms with Crippen molar-refractivity contribution in [1.29, 1.82) is 0 Å². The standard InChI is InChI=1S/C16H18N2O5S/c1-4-5-13-17-8-12(24-13)15(19)18-10-6-9(16(20)21)7-11(22-2)14(10)23-3/h6-8H,4-5H2,1-3H3,(H,18,19)(H,20,21). The van der Waals surface area contributed by atoms with Crippen molar-refractivity contribution in [3.8, 4) is 11.5 Å². The molecule has 24 heavy (non-hydrogen) atoms. The molecule has 1 amide bonds. The molecule has 0 spiro atoms. The summed E-state index contributed by atoms with van der Waals surface area (Å²) in [6, 6.07) is 2.67. The number of carboxylic acid groups (broad SMARTS) is 1. The van der Waals surface area contributed by atoms with Gasteiger partial charge in [0, 0.05) is 0 Å².